The summed E-state index contributed by atoms with van der Waals surface area (Å²) in [6.45, 7) is 2.88. The van der Waals surface area contributed by atoms with Crippen molar-refractivity contribution in [3.05, 3.63) is 11.6 Å². The molecule has 0 bridgehead atoms. The Bertz CT molecular complexity index is 285. The fourth-order valence-corrected chi connectivity index (χ4v) is 2.63. The zero-order valence-corrected chi connectivity index (χ0v) is 9.41. The highest BCUT2D eigenvalue weighted by Crippen LogP contribution is 2.24. The van der Waals surface area contributed by atoms with Gasteiger partial charge < -0.3 is 10.6 Å². The normalized spacial score (nSPS) is 32.8. The van der Waals surface area contributed by atoms with Crippen LogP contribution in [0.15, 0.2) is 11.6 Å². The van der Waals surface area contributed by atoms with Crippen LogP contribution < -0.4 is 5.73 Å². The summed E-state index contributed by atoms with van der Waals surface area (Å²) >= 11 is 0. The minimum absolute atomic E-state index is 0.168. The molecule has 1 aliphatic carbocycles. The molecule has 1 fully saturated rings. The maximum absolute atomic E-state index is 11.8. The van der Waals surface area contributed by atoms with Gasteiger partial charge in [0.1, 0.15) is 0 Å². The van der Waals surface area contributed by atoms with Gasteiger partial charge in [0.2, 0.25) is 5.91 Å². The second-order valence-electron chi connectivity index (χ2n) is 4.79. The highest BCUT2D eigenvalue weighted by Gasteiger charge is 2.31. The molecule has 2 rings (SSSR count). The maximum Gasteiger partial charge on any atom is 0.246 e. The SMILES string of the molecule is CC1=CC(=O)N(C2CCCCC2N)CC1. The number of nitrogens with two attached hydrogens (primary N) is 1. The second-order valence-corrected chi connectivity index (χ2v) is 4.79. The van der Waals surface area contributed by atoms with E-state index < -0.39 is 0 Å². The Morgan fingerprint density at radius 2 is 2.13 bits per heavy atom. The van der Waals surface area contributed by atoms with Gasteiger partial charge in [-0.1, -0.05) is 18.4 Å². The molecule has 2 aliphatic rings. The summed E-state index contributed by atoms with van der Waals surface area (Å²) in [6, 6.07) is 0.477. The molecule has 15 heavy (non-hydrogen) atoms. The fraction of sp³-hybridized carbons (Fsp3) is 0.750. The van der Waals surface area contributed by atoms with Crippen LogP contribution in [0.4, 0.5) is 0 Å². The molecule has 1 amide bonds. The lowest BCUT2D eigenvalue weighted by Gasteiger charge is -2.39. The van der Waals surface area contributed by atoms with Gasteiger partial charge in [-0.3, -0.25) is 4.79 Å². The van der Waals surface area contributed by atoms with Crippen LogP contribution in [0.1, 0.15) is 39.0 Å². The highest BCUT2D eigenvalue weighted by molar-refractivity contribution is 5.89. The number of carbonyl (C=O) groups excluding carboxylic acids is 1. The molecule has 3 nitrogen and oxygen atoms in total. The molecule has 0 aromatic rings. The molecule has 84 valence electrons. The zero-order chi connectivity index (χ0) is 10.8. The molecule has 3 heteroatoms. The van der Waals surface area contributed by atoms with Crippen molar-refractivity contribution in [1.29, 1.82) is 0 Å². The third-order valence-electron chi connectivity index (χ3n) is 3.58. The molecular formula is C12H20N2O. The van der Waals surface area contributed by atoms with Crippen molar-refractivity contribution in [1.82, 2.24) is 4.90 Å². The Kier molecular flexibility index (Phi) is 3.10. The van der Waals surface area contributed by atoms with E-state index in [1.807, 2.05) is 11.8 Å². The van der Waals surface area contributed by atoms with Gasteiger partial charge in [0, 0.05) is 24.7 Å². The first-order valence-corrected chi connectivity index (χ1v) is 5.92. The van der Waals surface area contributed by atoms with E-state index in [1.165, 1.54) is 18.4 Å². The topological polar surface area (TPSA) is 46.3 Å². The van der Waals surface area contributed by atoms with E-state index in [2.05, 4.69) is 0 Å². The van der Waals surface area contributed by atoms with Crippen LogP contribution >= 0.6 is 0 Å². The Labute approximate surface area is 91.3 Å². The van der Waals surface area contributed by atoms with Crippen LogP contribution in [-0.4, -0.2) is 29.4 Å². The van der Waals surface area contributed by atoms with E-state index in [-0.39, 0.29) is 18.0 Å². The van der Waals surface area contributed by atoms with Gasteiger partial charge in [-0.25, -0.2) is 0 Å². The lowest BCUT2D eigenvalue weighted by atomic mass is 9.89. The summed E-state index contributed by atoms with van der Waals surface area (Å²) in [5.41, 5.74) is 7.29. The van der Waals surface area contributed by atoms with Crippen LogP contribution in [0.2, 0.25) is 0 Å². The first kappa shape index (κ1) is 10.7. The number of hydrogen-bond donors (Lipinski definition) is 1. The van der Waals surface area contributed by atoms with Crippen LogP contribution in [-0.2, 0) is 4.79 Å². The number of hydrogen-bond acceptors (Lipinski definition) is 2. The van der Waals surface area contributed by atoms with Crippen molar-refractivity contribution in [2.45, 2.75) is 51.1 Å². The van der Waals surface area contributed by atoms with E-state index in [0.29, 0.717) is 0 Å². The van der Waals surface area contributed by atoms with Crippen molar-refractivity contribution >= 4 is 5.91 Å². The summed E-state index contributed by atoms with van der Waals surface area (Å²) in [4.78, 5) is 13.8. The Morgan fingerprint density at radius 1 is 1.40 bits per heavy atom. The summed E-state index contributed by atoms with van der Waals surface area (Å²) in [6.07, 6.45) is 7.36. The summed E-state index contributed by atoms with van der Waals surface area (Å²) in [5.74, 6) is 0.168. The number of rotatable bonds is 1. The molecule has 0 aromatic carbocycles. The first-order chi connectivity index (χ1) is 7.18. The van der Waals surface area contributed by atoms with Gasteiger partial charge >= 0.3 is 0 Å². The average Bonchev–Trinajstić information content (AvgIpc) is 2.20. The van der Waals surface area contributed by atoms with Gasteiger partial charge in [-0.2, -0.15) is 0 Å². The van der Waals surface area contributed by atoms with Crippen LogP contribution in [0.3, 0.4) is 0 Å². The molecule has 1 aliphatic heterocycles. The van der Waals surface area contributed by atoms with Crippen molar-refractivity contribution in [3.8, 4) is 0 Å². The Hall–Kier alpha value is -0.830. The molecule has 2 unspecified atom stereocenters. The van der Waals surface area contributed by atoms with Crippen LogP contribution in [0, 0.1) is 0 Å². The van der Waals surface area contributed by atoms with E-state index in [4.69, 9.17) is 5.73 Å². The molecule has 0 saturated heterocycles. The smallest absolute Gasteiger partial charge is 0.246 e. The second kappa shape index (κ2) is 4.35. The predicted molar refractivity (Wildman–Crippen MR) is 60.3 cm³/mol. The molecular weight excluding hydrogens is 188 g/mol. The van der Waals surface area contributed by atoms with Gasteiger partial charge in [0.15, 0.2) is 0 Å². The molecule has 1 heterocycles. The van der Waals surface area contributed by atoms with E-state index in [1.54, 1.807) is 6.08 Å². The van der Waals surface area contributed by atoms with Crippen molar-refractivity contribution in [2.75, 3.05) is 6.54 Å². The number of carbonyl (C=O) groups is 1. The summed E-state index contributed by atoms with van der Waals surface area (Å²) in [5, 5.41) is 0. The predicted octanol–water partition coefficient (Wildman–Crippen LogP) is 1.43. The molecule has 0 aromatic heterocycles. The molecule has 0 spiro atoms. The fourth-order valence-electron chi connectivity index (χ4n) is 2.63. The van der Waals surface area contributed by atoms with Crippen molar-refractivity contribution < 1.29 is 4.79 Å². The molecule has 1 saturated carbocycles. The van der Waals surface area contributed by atoms with Gasteiger partial charge in [0.25, 0.3) is 0 Å². The molecule has 2 atom stereocenters. The monoisotopic (exact) mass is 208 g/mol. The number of amides is 1. The quantitative estimate of drug-likeness (QED) is 0.708. The third-order valence-corrected chi connectivity index (χ3v) is 3.58. The highest BCUT2D eigenvalue weighted by atomic mass is 16.2. The lowest BCUT2D eigenvalue weighted by molar-refractivity contribution is -0.130. The van der Waals surface area contributed by atoms with Crippen LogP contribution in [0.25, 0.3) is 0 Å². The van der Waals surface area contributed by atoms with Crippen LogP contribution in [0.5, 0.6) is 0 Å². The summed E-state index contributed by atoms with van der Waals surface area (Å²) in [7, 11) is 0. The zero-order valence-electron chi connectivity index (χ0n) is 9.41. The summed E-state index contributed by atoms with van der Waals surface area (Å²) < 4.78 is 0. The first-order valence-electron chi connectivity index (χ1n) is 5.92. The minimum Gasteiger partial charge on any atom is -0.334 e. The molecule has 2 N–H and O–H groups in total. The van der Waals surface area contributed by atoms with E-state index in [9.17, 15) is 4.79 Å². The van der Waals surface area contributed by atoms with E-state index >= 15 is 0 Å². The largest absolute Gasteiger partial charge is 0.334 e. The Morgan fingerprint density at radius 3 is 2.80 bits per heavy atom. The molecule has 0 radical (unpaired) electrons. The maximum atomic E-state index is 11.8. The standard InChI is InChI=1S/C12H20N2O/c1-9-6-7-14(12(15)8-9)11-5-3-2-4-10(11)13/h8,10-11H,2-7,13H2,1H3. The van der Waals surface area contributed by atoms with Gasteiger partial charge in [-0.15, -0.1) is 0 Å². The third kappa shape index (κ3) is 2.23. The van der Waals surface area contributed by atoms with Gasteiger partial charge in [-0.05, 0) is 26.2 Å². The van der Waals surface area contributed by atoms with E-state index in [0.717, 1.165) is 25.8 Å². The van der Waals surface area contributed by atoms with Gasteiger partial charge in [0.05, 0.1) is 0 Å². The Balaban J connectivity index is 2.07. The average molecular weight is 208 g/mol. The lowest BCUT2D eigenvalue weighted by Crippen LogP contribution is -2.52. The van der Waals surface area contributed by atoms with Crippen molar-refractivity contribution in [3.63, 3.8) is 0 Å². The number of nitrogens with zero attached hydrogens (tertiary/aromatic N) is 1. The minimum atomic E-state index is 0.168. The van der Waals surface area contributed by atoms with Crippen molar-refractivity contribution in [2.24, 2.45) is 5.73 Å².